The van der Waals surface area contributed by atoms with E-state index in [4.69, 9.17) is 0 Å². The third-order valence-electron chi connectivity index (χ3n) is 4.82. The maximum Gasteiger partial charge on any atom is 0.315 e. The van der Waals surface area contributed by atoms with Crippen LogP contribution >= 0.6 is 11.3 Å². The minimum absolute atomic E-state index is 0.00666. The zero-order chi connectivity index (χ0) is 14.4. The number of rotatable bonds is 6. The molecule has 4 rings (SSSR count). The smallest absolute Gasteiger partial charge is 0.315 e. The Labute approximate surface area is 129 Å². The SMILES string of the molecule is C[C@@H](NC(=O)NC(C1CC1)C1CC1)c1csc(C2CC2)n1. The second-order valence-corrected chi connectivity index (χ2v) is 7.81. The fraction of sp³-hybridized carbons (Fsp3) is 0.750. The Hall–Kier alpha value is -1.10. The van der Waals surface area contributed by atoms with Gasteiger partial charge in [0.1, 0.15) is 0 Å². The van der Waals surface area contributed by atoms with E-state index in [1.54, 1.807) is 11.3 Å². The molecule has 114 valence electrons. The van der Waals surface area contributed by atoms with Crippen molar-refractivity contribution in [3.8, 4) is 0 Å². The molecule has 2 amide bonds. The van der Waals surface area contributed by atoms with Gasteiger partial charge >= 0.3 is 6.03 Å². The van der Waals surface area contributed by atoms with Gasteiger partial charge in [0.25, 0.3) is 0 Å². The minimum Gasteiger partial charge on any atom is -0.335 e. The van der Waals surface area contributed by atoms with Gasteiger partial charge in [-0.2, -0.15) is 0 Å². The van der Waals surface area contributed by atoms with Gasteiger partial charge in [0.15, 0.2) is 0 Å². The van der Waals surface area contributed by atoms with E-state index in [9.17, 15) is 4.79 Å². The summed E-state index contributed by atoms with van der Waals surface area (Å²) in [6.07, 6.45) is 7.70. The molecule has 0 aliphatic heterocycles. The van der Waals surface area contributed by atoms with Crippen LogP contribution in [0.25, 0.3) is 0 Å². The summed E-state index contributed by atoms with van der Waals surface area (Å²) in [5.74, 6) is 2.16. The Bertz CT molecular complexity index is 519. The van der Waals surface area contributed by atoms with Crippen LogP contribution < -0.4 is 10.6 Å². The standard InChI is InChI=1S/C16H23N3OS/c1-9(13-8-21-15(18-13)12-6-7-12)17-16(20)19-14(10-2-3-10)11-4-5-11/h8-12,14H,2-7H2,1H3,(H2,17,19,20)/t9-/m1/s1. The molecular formula is C16H23N3OS. The minimum atomic E-state index is -0.0210. The molecule has 21 heavy (non-hydrogen) atoms. The normalized spacial score (nSPS) is 23.1. The number of hydrogen-bond donors (Lipinski definition) is 2. The van der Waals surface area contributed by atoms with Gasteiger partial charge in [-0.3, -0.25) is 0 Å². The molecule has 0 radical (unpaired) electrons. The molecule has 0 unspecified atom stereocenters. The van der Waals surface area contributed by atoms with Crippen molar-refractivity contribution >= 4 is 17.4 Å². The van der Waals surface area contributed by atoms with Crippen molar-refractivity contribution in [1.82, 2.24) is 15.6 Å². The van der Waals surface area contributed by atoms with Crippen LogP contribution in [0.15, 0.2) is 5.38 Å². The van der Waals surface area contributed by atoms with Gasteiger partial charge in [-0.15, -0.1) is 11.3 Å². The van der Waals surface area contributed by atoms with Crippen LogP contribution in [0.5, 0.6) is 0 Å². The molecule has 1 atom stereocenters. The first-order valence-corrected chi connectivity index (χ1v) is 9.11. The van der Waals surface area contributed by atoms with Gasteiger partial charge in [-0.1, -0.05) is 0 Å². The van der Waals surface area contributed by atoms with Crippen LogP contribution in [0.3, 0.4) is 0 Å². The van der Waals surface area contributed by atoms with Crippen LogP contribution in [0.2, 0.25) is 0 Å². The quantitative estimate of drug-likeness (QED) is 0.844. The van der Waals surface area contributed by atoms with Crippen molar-refractivity contribution < 1.29 is 4.79 Å². The number of carbonyl (C=O) groups is 1. The molecule has 3 saturated carbocycles. The summed E-state index contributed by atoms with van der Waals surface area (Å²) < 4.78 is 0. The van der Waals surface area contributed by atoms with Crippen LogP contribution in [0.4, 0.5) is 4.79 Å². The van der Waals surface area contributed by atoms with Crippen molar-refractivity contribution in [3.05, 3.63) is 16.1 Å². The molecule has 3 aliphatic rings. The maximum absolute atomic E-state index is 12.2. The van der Waals surface area contributed by atoms with E-state index in [1.807, 2.05) is 6.92 Å². The molecule has 4 nitrogen and oxygen atoms in total. The Morgan fingerprint density at radius 2 is 1.86 bits per heavy atom. The Kier molecular flexibility index (Phi) is 3.40. The summed E-state index contributed by atoms with van der Waals surface area (Å²) in [6.45, 7) is 2.02. The van der Waals surface area contributed by atoms with Gasteiger partial charge in [0.05, 0.1) is 16.7 Å². The van der Waals surface area contributed by atoms with E-state index in [-0.39, 0.29) is 12.1 Å². The van der Waals surface area contributed by atoms with Gasteiger partial charge in [0.2, 0.25) is 0 Å². The van der Waals surface area contributed by atoms with Gasteiger partial charge in [0, 0.05) is 17.3 Å². The molecule has 0 bridgehead atoms. The van der Waals surface area contributed by atoms with Crippen molar-refractivity contribution in [1.29, 1.82) is 0 Å². The fourth-order valence-corrected chi connectivity index (χ4v) is 4.10. The molecule has 5 heteroatoms. The van der Waals surface area contributed by atoms with Gasteiger partial charge in [-0.05, 0) is 57.3 Å². The molecule has 0 saturated heterocycles. The molecule has 0 spiro atoms. The summed E-state index contributed by atoms with van der Waals surface area (Å²) in [5, 5.41) is 9.61. The zero-order valence-electron chi connectivity index (χ0n) is 12.5. The van der Waals surface area contributed by atoms with Crippen LogP contribution in [-0.2, 0) is 0 Å². The van der Waals surface area contributed by atoms with Crippen LogP contribution in [0, 0.1) is 11.8 Å². The lowest BCUT2D eigenvalue weighted by Crippen LogP contribution is -2.45. The molecule has 3 aliphatic carbocycles. The second-order valence-electron chi connectivity index (χ2n) is 6.93. The molecular weight excluding hydrogens is 282 g/mol. The second kappa shape index (κ2) is 5.27. The number of carbonyl (C=O) groups excluding carboxylic acids is 1. The third-order valence-corrected chi connectivity index (χ3v) is 5.84. The number of amides is 2. The monoisotopic (exact) mass is 305 g/mol. The number of thiazole rings is 1. The number of nitrogens with one attached hydrogen (secondary N) is 2. The van der Waals surface area contributed by atoms with E-state index in [2.05, 4.69) is 21.0 Å². The molecule has 1 heterocycles. The summed E-state index contributed by atoms with van der Waals surface area (Å²) in [5.41, 5.74) is 1.01. The lowest BCUT2D eigenvalue weighted by molar-refractivity contribution is 0.230. The van der Waals surface area contributed by atoms with E-state index < -0.39 is 0 Å². The lowest BCUT2D eigenvalue weighted by atomic mass is 10.1. The highest BCUT2D eigenvalue weighted by Gasteiger charge is 2.42. The molecule has 1 aromatic rings. The van der Waals surface area contributed by atoms with Crippen molar-refractivity contribution in [2.24, 2.45) is 11.8 Å². The lowest BCUT2D eigenvalue weighted by Gasteiger charge is -2.20. The van der Waals surface area contributed by atoms with E-state index in [0.717, 1.165) is 17.5 Å². The van der Waals surface area contributed by atoms with Crippen LogP contribution in [-0.4, -0.2) is 17.1 Å². The molecule has 3 fully saturated rings. The predicted octanol–water partition coefficient (Wildman–Crippen LogP) is 3.57. The van der Waals surface area contributed by atoms with Crippen molar-refractivity contribution in [2.75, 3.05) is 0 Å². The molecule has 1 aromatic heterocycles. The van der Waals surface area contributed by atoms with Gasteiger partial charge < -0.3 is 10.6 Å². The number of aromatic nitrogens is 1. The zero-order valence-corrected chi connectivity index (χ0v) is 13.3. The summed E-state index contributed by atoms with van der Waals surface area (Å²) in [4.78, 5) is 16.9. The summed E-state index contributed by atoms with van der Waals surface area (Å²) in [6, 6.07) is 0.384. The first-order valence-electron chi connectivity index (χ1n) is 8.23. The van der Waals surface area contributed by atoms with Crippen LogP contribution in [0.1, 0.15) is 68.1 Å². The van der Waals surface area contributed by atoms with E-state index >= 15 is 0 Å². The highest BCUT2D eigenvalue weighted by molar-refractivity contribution is 7.09. The van der Waals surface area contributed by atoms with E-state index in [1.165, 1.54) is 43.5 Å². The molecule has 2 N–H and O–H groups in total. The summed E-state index contributed by atoms with van der Waals surface area (Å²) in [7, 11) is 0. The largest absolute Gasteiger partial charge is 0.335 e. The first kappa shape index (κ1) is 13.6. The number of nitrogens with zero attached hydrogens (tertiary/aromatic N) is 1. The number of urea groups is 1. The highest BCUT2D eigenvalue weighted by atomic mass is 32.1. The number of hydrogen-bond acceptors (Lipinski definition) is 3. The highest BCUT2D eigenvalue weighted by Crippen LogP contribution is 2.44. The third kappa shape index (κ3) is 3.23. The Morgan fingerprint density at radius 1 is 1.19 bits per heavy atom. The average molecular weight is 305 g/mol. The molecule has 0 aromatic carbocycles. The predicted molar refractivity (Wildman–Crippen MR) is 83.4 cm³/mol. The topological polar surface area (TPSA) is 54.0 Å². The maximum atomic E-state index is 12.2. The average Bonchev–Trinajstić information content (AvgIpc) is 3.33. The van der Waals surface area contributed by atoms with E-state index in [0.29, 0.717) is 12.0 Å². The Morgan fingerprint density at radius 3 is 2.43 bits per heavy atom. The van der Waals surface area contributed by atoms with Crippen molar-refractivity contribution in [3.63, 3.8) is 0 Å². The Balaban J connectivity index is 1.32. The van der Waals surface area contributed by atoms with Gasteiger partial charge in [-0.25, -0.2) is 9.78 Å². The van der Waals surface area contributed by atoms with Crippen molar-refractivity contribution in [2.45, 2.75) is 63.5 Å². The first-order chi connectivity index (χ1) is 10.2. The fourth-order valence-electron chi connectivity index (χ4n) is 3.01. The summed E-state index contributed by atoms with van der Waals surface area (Å²) >= 11 is 1.74.